The molecule has 1 fully saturated rings. The summed E-state index contributed by atoms with van der Waals surface area (Å²) in [4.78, 5) is 22.6. The van der Waals surface area contributed by atoms with Crippen LogP contribution in [0.1, 0.15) is 85.4 Å². The minimum Gasteiger partial charge on any atom is -0.444 e. The Labute approximate surface area is 211 Å². The number of carbonyl (C=O) groups excluding carboxylic acids is 1. The Balaban J connectivity index is 2.53. The highest BCUT2D eigenvalue weighted by molar-refractivity contribution is 7.98. The van der Waals surface area contributed by atoms with Gasteiger partial charge in [0.15, 0.2) is 13.5 Å². The van der Waals surface area contributed by atoms with Gasteiger partial charge in [0, 0.05) is 23.1 Å². The van der Waals surface area contributed by atoms with Crippen molar-refractivity contribution < 1.29 is 14.0 Å². The lowest BCUT2D eigenvalue weighted by atomic mass is 9.69. The van der Waals surface area contributed by atoms with E-state index in [4.69, 9.17) is 26.8 Å². The van der Waals surface area contributed by atoms with Gasteiger partial charge < -0.3 is 14.5 Å². The van der Waals surface area contributed by atoms with E-state index in [0.29, 0.717) is 11.7 Å². The molecule has 1 unspecified atom stereocenters. The Hall–Kier alpha value is -0.773. The zero-order chi connectivity index (χ0) is 25.1. The van der Waals surface area contributed by atoms with Gasteiger partial charge >= 0.3 is 6.09 Å². The number of hydrogen-bond acceptors (Lipinski definition) is 7. The third-order valence-electron chi connectivity index (χ3n) is 6.81. The SMILES string of the molecule is CSc1ncc(S)c(C(O[Si](C)(C)C(C)(C)C)C2(CNC(=O)OC(C)(C)C)CCCCC2)n1. The molecule has 0 spiro atoms. The second-order valence-electron chi connectivity index (χ2n) is 11.7. The minimum absolute atomic E-state index is 0.0336. The predicted octanol–water partition coefficient (Wildman–Crippen LogP) is 7.03. The van der Waals surface area contributed by atoms with Crippen LogP contribution in [0, 0.1) is 5.41 Å². The number of nitrogens with zero attached hydrogens (tertiary/aromatic N) is 2. The average molecular weight is 514 g/mol. The Kier molecular flexibility index (Phi) is 9.38. The Morgan fingerprint density at radius 1 is 1.21 bits per heavy atom. The summed E-state index contributed by atoms with van der Waals surface area (Å²) in [5, 5.41) is 3.81. The van der Waals surface area contributed by atoms with Crippen LogP contribution < -0.4 is 5.32 Å². The third kappa shape index (κ3) is 7.60. The number of ether oxygens (including phenoxy) is 1. The van der Waals surface area contributed by atoms with Crippen LogP contribution in [-0.2, 0) is 9.16 Å². The fourth-order valence-corrected chi connectivity index (χ4v) is 5.83. The second-order valence-corrected chi connectivity index (χ2v) is 17.7. The maximum Gasteiger partial charge on any atom is 0.407 e. The lowest BCUT2D eigenvalue weighted by Gasteiger charge is -2.48. The van der Waals surface area contributed by atoms with Crippen molar-refractivity contribution in [3.8, 4) is 0 Å². The molecule has 0 aliphatic heterocycles. The van der Waals surface area contributed by atoms with Crippen LogP contribution in [0.15, 0.2) is 16.2 Å². The van der Waals surface area contributed by atoms with Crippen molar-refractivity contribution in [2.24, 2.45) is 5.41 Å². The predicted molar refractivity (Wildman–Crippen MR) is 142 cm³/mol. The number of nitrogens with one attached hydrogen (secondary N) is 1. The van der Waals surface area contributed by atoms with Gasteiger partial charge in [0.1, 0.15) is 5.60 Å². The van der Waals surface area contributed by atoms with Crippen LogP contribution in [0.4, 0.5) is 4.79 Å². The summed E-state index contributed by atoms with van der Waals surface area (Å²) in [6.07, 6.45) is 8.35. The highest BCUT2D eigenvalue weighted by atomic mass is 32.2. The molecule has 1 saturated carbocycles. The molecule has 1 N–H and O–H groups in total. The molecule has 2 rings (SSSR count). The standard InChI is InChI=1S/C24H43N3O3S2Si/c1-22(2,3)29-21(28)26-16-24(13-11-10-12-14-24)19(30-33(8,9)23(4,5)6)18-17(31)15-25-20(27-18)32-7/h15,19,31H,10-14,16H2,1-9H3,(H,26,28). The number of thiol groups is 1. The molecule has 0 radical (unpaired) electrons. The van der Waals surface area contributed by atoms with Crippen LogP contribution in [-0.4, -0.2) is 42.8 Å². The summed E-state index contributed by atoms with van der Waals surface area (Å²) in [6.45, 7) is 17.4. The van der Waals surface area contributed by atoms with E-state index >= 15 is 0 Å². The van der Waals surface area contributed by atoms with Gasteiger partial charge in [-0.25, -0.2) is 14.8 Å². The van der Waals surface area contributed by atoms with Crippen molar-refractivity contribution >= 4 is 38.8 Å². The first-order chi connectivity index (χ1) is 15.1. The maximum absolute atomic E-state index is 12.6. The molecule has 0 saturated heterocycles. The first kappa shape index (κ1) is 28.5. The molecule has 1 heterocycles. The Morgan fingerprint density at radius 2 is 1.82 bits per heavy atom. The van der Waals surface area contributed by atoms with Crippen molar-refractivity contribution in [3.63, 3.8) is 0 Å². The normalized spacial score (nSPS) is 18.0. The number of rotatable bonds is 7. The van der Waals surface area contributed by atoms with Gasteiger partial charge in [-0.05, 0) is 58.0 Å². The molecule has 1 aliphatic rings. The molecular formula is C24H43N3O3S2Si. The number of hydrogen-bond donors (Lipinski definition) is 2. The Bertz CT molecular complexity index is 816. The lowest BCUT2D eigenvalue weighted by Crippen LogP contribution is -2.50. The number of amides is 1. The van der Waals surface area contributed by atoms with Crippen LogP contribution in [0.2, 0.25) is 18.1 Å². The molecule has 188 valence electrons. The van der Waals surface area contributed by atoms with Crippen LogP contribution in [0.3, 0.4) is 0 Å². The maximum atomic E-state index is 12.6. The minimum atomic E-state index is -2.17. The van der Waals surface area contributed by atoms with E-state index in [2.05, 4.69) is 44.2 Å². The third-order valence-corrected chi connectivity index (χ3v) is 12.2. The van der Waals surface area contributed by atoms with E-state index in [1.54, 1.807) is 6.20 Å². The van der Waals surface area contributed by atoms with Gasteiger partial charge in [-0.2, -0.15) is 0 Å². The highest BCUT2D eigenvalue weighted by Gasteiger charge is 2.49. The zero-order valence-corrected chi connectivity index (χ0v) is 24.6. The molecule has 0 bridgehead atoms. The van der Waals surface area contributed by atoms with Gasteiger partial charge in [-0.3, -0.25) is 0 Å². The van der Waals surface area contributed by atoms with Crippen molar-refractivity contribution in [1.29, 1.82) is 0 Å². The van der Waals surface area contributed by atoms with Gasteiger partial charge in [-0.1, -0.05) is 51.8 Å². The molecule has 33 heavy (non-hydrogen) atoms. The summed E-state index contributed by atoms with van der Waals surface area (Å²) in [6, 6.07) is 0. The first-order valence-corrected chi connectivity index (χ1v) is 16.4. The monoisotopic (exact) mass is 513 g/mol. The lowest BCUT2D eigenvalue weighted by molar-refractivity contribution is -0.00554. The fraction of sp³-hybridized carbons (Fsp3) is 0.792. The topological polar surface area (TPSA) is 73.3 Å². The van der Waals surface area contributed by atoms with Crippen LogP contribution in [0.25, 0.3) is 0 Å². The fourth-order valence-electron chi connectivity index (χ4n) is 3.96. The number of aromatic nitrogens is 2. The highest BCUT2D eigenvalue weighted by Crippen LogP contribution is 2.52. The zero-order valence-electron chi connectivity index (χ0n) is 21.9. The van der Waals surface area contributed by atoms with Gasteiger partial charge in [0.05, 0.1) is 11.8 Å². The average Bonchev–Trinajstić information content (AvgIpc) is 2.70. The number of thioether (sulfide) groups is 1. The van der Waals surface area contributed by atoms with Crippen molar-refractivity contribution in [1.82, 2.24) is 15.3 Å². The second kappa shape index (κ2) is 10.9. The van der Waals surface area contributed by atoms with Crippen molar-refractivity contribution in [3.05, 3.63) is 11.9 Å². The molecule has 9 heteroatoms. The molecular weight excluding hydrogens is 471 g/mol. The molecule has 0 aromatic carbocycles. The van der Waals surface area contributed by atoms with Gasteiger partial charge in [-0.15, -0.1) is 12.6 Å². The smallest absolute Gasteiger partial charge is 0.407 e. The molecule has 1 amide bonds. The van der Waals surface area contributed by atoms with Crippen molar-refractivity contribution in [2.45, 2.75) is 114 Å². The molecule has 1 aromatic heterocycles. The summed E-state index contributed by atoms with van der Waals surface area (Å²) in [7, 11) is -2.17. The van der Waals surface area contributed by atoms with Crippen LogP contribution >= 0.6 is 24.4 Å². The first-order valence-electron chi connectivity index (χ1n) is 11.8. The summed E-state index contributed by atoms with van der Waals surface area (Å²) in [5.74, 6) is 0. The van der Waals surface area contributed by atoms with E-state index in [1.165, 1.54) is 18.2 Å². The quantitative estimate of drug-likeness (QED) is 0.176. The Morgan fingerprint density at radius 3 is 2.33 bits per heavy atom. The van der Waals surface area contributed by atoms with Crippen molar-refractivity contribution in [2.75, 3.05) is 12.8 Å². The largest absolute Gasteiger partial charge is 0.444 e. The summed E-state index contributed by atoms with van der Waals surface area (Å²) in [5.41, 5.74) is 0.000908. The van der Waals surface area contributed by atoms with Crippen LogP contribution in [0.5, 0.6) is 0 Å². The molecule has 1 atom stereocenters. The number of alkyl carbamates (subject to hydrolysis) is 1. The van der Waals surface area contributed by atoms with E-state index in [9.17, 15) is 4.79 Å². The van der Waals surface area contributed by atoms with Gasteiger partial charge in [0.25, 0.3) is 0 Å². The van der Waals surface area contributed by atoms with Gasteiger partial charge in [0.2, 0.25) is 0 Å². The van der Waals surface area contributed by atoms with E-state index in [0.717, 1.165) is 36.3 Å². The van der Waals surface area contributed by atoms with E-state index < -0.39 is 20.0 Å². The molecule has 1 aliphatic carbocycles. The number of carbonyl (C=O) groups is 1. The molecule has 1 aromatic rings. The summed E-state index contributed by atoms with van der Waals surface area (Å²) < 4.78 is 12.7. The molecule has 6 nitrogen and oxygen atoms in total. The summed E-state index contributed by atoms with van der Waals surface area (Å²) >= 11 is 6.27. The van der Waals surface area contributed by atoms with E-state index in [-0.39, 0.29) is 16.6 Å². The van der Waals surface area contributed by atoms with E-state index in [1.807, 2.05) is 27.0 Å².